The molecule has 4 nitrogen and oxygen atoms in total. The van der Waals surface area contributed by atoms with Crippen LogP contribution in [0.15, 0.2) is 77.8 Å². The van der Waals surface area contributed by atoms with Crippen LogP contribution in [0.1, 0.15) is 23.6 Å². The number of hydrogen-bond acceptors (Lipinski definition) is 3. The highest BCUT2D eigenvalue weighted by atomic mass is 35.5. The van der Waals surface area contributed by atoms with Gasteiger partial charge in [-0.2, -0.15) is 0 Å². The Morgan fingerprint density at radius 2 is 1.76 bits per heavy atom. The number of benzene rings is 3. The fraction of sp³-hybridized carbons (Fsp3) is 0.167. The molecule has 29 heavy (non-hydrogen) atoms. The van der Waals surface area contributed by atoms with E-state index < -0.39 is 6.04 Å². The Bertz CT molecular complexity index is 1060. The number of rotatable bonds is 4. The summed E-state index contributed by atoms with van der Waals surface area (Å²) in [4.78, 5) is 19.8. The van der Waals surface area contributed by atoms with E-state index >= 15 is 0 Å². The van der Waals surface area contributed by atoms with Gasteiger partial charge < -0.3 is 9.64 Å². The first-order valence-electron chi connectivity index (χ1n) is 9.44. The summed E-state index contributed by atoms with van der Waals surface area (Å²) in [7, 11) is 1.64. The van der Waals surface area contributed by atoms with Gasteiger partial charge in [0.25, 0.3) is 5.91 Å². The van der Waals surface area contributed by atoms with Gasteiger partial charge in [0, 0.05) is 16.1 Å². The summed E-state index contributed by atoms with van der Waals surface area (Å²) in [5, 5.41) is 0.610. The van der Waals surface area contributed by atoms with Crippen LogP contribution >= 0.6 is 11.6 Å². The maximum Gasteiger partial charge on any atom is 0.251 e. The Balaban J connectivity index is 1.81. The smallest absolute Gasteiger partial charge is 0.251 e. The number of halogens is 1. The number of aliphatic imine (C=N–C) groups is 1. The van der Waals surface area contributed by atoms with Gasteiger partial charge in [0.15, 0.2) is 0 Å². The molecular weight excluding hydrogens is 384 g/mol. The summed E-state index contributed by atoms with van der Waals surface area (Å²) in [6.45, 7) is 2.28. The average molecular weight is 405 g/mol. The molecule has 3 aromatic carbocycles. The molecule has 1 aliphatic heterocycles. The number of benzodiazepines with no additional fused rings is 1. The number of fused-ring (bicyclic) bond motifs is 1. The van der Waals surface area contributed by atoms with Crippen molar-refractivity contribution in [3.63, 3.8) is 0 Å². The van der Waals surface area contributed by atoms with Crippen molar-refractivity contribution >= 4 is 28.9 Å². The Morgan fingerprint density at radius 3 is 2.45 bits per heavy atom. The molecule has 0 unspecified atom stereocenters. The first-order valence-corrected chi connectivity index (χ1v) is 9.82. The van der Waals surface area contributed by atoms with Crippen molar-refractivity contribution < 1.29 is 9.53 Å². The van der Waals surface area contributed by atoms with Crippen molar-refractivity contribution in [2.45, 2.75) is 19.5 Å². The monoisotopic (exact) mass is 404 g/mol. The minimum absolute atomic E-state index is 0.0460. The van der Waals surface area contributed by atoms with Gasteiger partial charge in [0.05, 0.1) is 25.1 Å². The van der Waals surface area contributed by atoms with E-state index in [4.69, 9.17) is 21.3 Å². The first kappa shape index (κ1) is 19.2. The highest BCUT2D eigenvalue weighted by molar-refractivity contribution is 6.32. The summed E-state index contributed by atoms with van der Waals surface area (Å²) < 4.78 is 5.24. The minimum Gasteiger partial charge on any atom is -0.497 e. The van der Waals surface area contributed by atoms with Gasteiger partial charge in [0.2, 0.25) is 0 Å². The van der Waals surface area contributed by atoms with Crippen LogP contribution in [0.3, 0.4) is 0 Å². The maximum atomic E-state index is 13.3. The number of ether oxygens (including phenoxy) is 1. The quantitative estimate of drug-likeness (QED) is 0.605. The third-order valence-electron chi connectivity index (χ3n) is 5.00. The van der Waals surface area contributed by atoms with Gasteiger partial charge in [-0.15, -0.1) is 0 Å². The van der Waals surface area contributed by atoms with Crippen molar-refractivity contribution in [2.24, 2.45) is 4.99 Å². The fourth-order valence-electron chi connectivity index (χ4n) is 3.50. The van der Waals surface area contributed by atoms with Crippen LogP contribution in [-0.4, -0.2) is 24.8 Å². The number of methoxy groups -OCH3 is 1. The predicted molar refractivity (Wildman–Crippen MR) is 117 cm³/mol. The normalized spacial score (nSPS) is 16.1. The molecule has 0 aliphatic carbocycles. The molecule has 1 atom stereocenters. The van der Waals surface area contributed by atoms with Crippen LogP contribution < -0.4 is 9.64 Å². The average Bonchev–Trinajstić information content (AvgIpc) is 2.85. The summed E-state index contributed by atoms with van der Waals surface area (Å²) in [5.74, 6) is 0.738. The van der Waals surface area contributed by atoms with Gasteiger partial charge in [-0.3, -0.25) is 9.79 Å². The number of carbonyl (C=O) groups excluding carboxylic acids is 1. The molecule has 4 rings (SSSR count). The van der Waals surface area contributed by atoms with Crippen molar-refractivity contribution in [2.75, 3.05) is 12.0 Å². The van der Waals surface area contributed by atoms with Gasteiger partial charge in [-0.1, -0.05) is 54.1 Å². The lowest BCUT2D eigenvalue weighted by molar-refractivity contribution is -0.119. The second-order valence-electron chi connectivity index (χ2n) is 6.95. The third-order valence-corrected chi connectivity index (χ3v) is 5.23. The summed E-state index contributed by atoms with van der Waals surface area (Å²) >= 11 is 6.32. The van der Waals surface area contributed by atoms with Crippen LogP contribution in [0.4, 0.5) is 5.69 Å². The third kappa shape index (κ3) is 3.89. The van der Waals surface area contributed by atoms with Gasteiger partial charge in [0.1, 0.15) is 11.8 Å². The number of anilines is 1. The second-order valence-corrected chi connectivity index (χ2v) is 7.39. The van der Waals surface area contributed by atoms with Crippen molar-refractivity contribution in [1.82, 2.24) is 0 Å². The molecule has 0 bridgehead atoms. The minimum atomic E-state index is -0.505. The van der Waals surface area contributed by atoms with E-state index in [-0.39, 0.29) is 5.91 Å². The van der Waals surface area contributed by atoms with E-state index in [1.165, 1.54) is 0 Å². The lowest BCUT2D eigenvalue weighted by Gasteiger charge is -2.25. The highest BCUT2D eigenvalue weighted by Gasteiger charge is 2.29. The molecule has 1 amide bonds. The van der Waals surface area contributed by atoms with Crippen LogP contribution in [-0.2, 0) is 11.3 Å². The Kier molecular flexibility index (Phi) is 5.36. The molecule has 1 aliphatic rings. The zero-order valence-electron chi connectivity index (χ0n) is 16.3. The molecule has 0 saturated heterocycles. The van der Waals surface area contributed by atoms with E-state index in [9.17, 15) is 4.79 Å². The summed E-state index contributed by atoms with van der Waals surface area (Å²) in [6.07, 6.45) is 0. The van der Waals surface area contributed by atoms with E-state index in [2.05, 4.69) is 0 Å². The maximum absolute atomic E-state index is 13.3. The van der Waals surface area contributed by atoms with E-state index in [0.29, 0.717) is 11.6 Å². The molecule has 3 aromatic rings. The molecule has 1 heterocycles. The van der Waals surface area contributed by atoms with E-state index in [0.717, 1.165) is 33.8 Å². The van der Waals surface area contributed by atoms with Crippen molar-refractivity contribution in [1.29, 1.82) is 0 Å². The molecule has 0 saturated carbocycles. The largest absolute Gasteiger partial charge is 0.497 e. The van der Waals surface area contributed by atoms with Gasteiger partial charge in [-0.05, 0) is 42.8 Å². The Morgan fingerprint density at radius 1 is 1.03 bits per heavy atom. The number of carbonyl (C=O) groups is 1. The number of hydrogen-bond donors (Lipinski definition) is 0. The summed E-state index contributed by atoms with van der Waals surface area (Å²) in [5.41, 5.74) is 4.41. The highest BCUT2D eigenvalue weighted by Crippen LogP contribution is 2.32. The number of nitrogens with zero attached hydrogens (tertiary/aromatic N) is 2. The molecule has 0 aromatic heterocycles. The zero-order valence-corrected chi connectivity index (χ0v) is 17.1. The molecule has 0 spiro atoms. The number of amides is 1. The first-order chi connectivity index (χ1) is 14.1. The molecule has 5 heteroatoms. The fourth-order valence-corrected chi connectivity index (χ4v) is 3.67. The lowest BCUT2D eigenvalue weighted by Crippen LogP contribution is -2.36. The Labute approximate surface area is 175 Å². The van der Waals surface area contributed by atoms with Crippen LogP contribution in [0.25, 0.3) is 0 Å². The molecule has 0 N–H and O–H groups in total. The van der Waals surface area contributed by atoms with E-state index in [1.54, 1.807) is 12.0 Å². The van der Waals surface area contributed by atoms with E-state index in [1.807, 2.05) is 79.7 Å². The SMILES string of the molecule is COc1ccc(CN2C(=O)[C@H](C)N=C(c3ccccc3)c3cc(Cl)ccc32)cc1. The summed E-state index contributed by atoms with van der Waals surface area (Å²) in [6, 6.07) is 22.7. The molecule has 0 radical (unpaired) electrons. The van der Waals surface area contributed by atoms with Gasteiger partial charge in [-0.25, -0.2) is 0 Å². The van der Waals surface area contributed by atoms with Gasteiger partial charge >= 0.3 is 0 Å². The molecule has 0 fully saturated rings. The molecular formula is C24H21ClN2O2. The second kappa shape index (κ2) is 8.10. The van der Waals surface area contributed by atoms with Crippen molar-refractivity contribution in [3.05, 3.63) is 94.5 Å². The van der Waals surface area contributed by atoms with Crippen LogP contribution in [0.2, 0.25) is 5.02 Å². The lowest BCUT2D eigenvalue weighted by atomic mass is 10.00. The van der Waals surface area contributed by atoms with Crippen molar-refractivity contribution in [3.8, 4) is 5.75 Å². The molecule has 146 valence electrons. The topological polar surface area (TPSA) is 41.9 Å². The standard InChI is InChI=1S/C24H21ClN2O2/c1-16-24(28)27(15-17-8-11-20(29-2)12-9-17)22-13-10-19(25)14-21(22)23(26-16)18-6-4-3-5-7-18/h3-14,16H,15H2,1-2H3/t16-/m0/s1. The zero-order chi connectivity index (χ0) is 20.4. The van der Waals surface area contributed by atoms with Crippen LogP contribution in [0.5, 0.6) is 5.75 Å². The predicted octanol–water partition coefficient (Wildman–Crippen LogP) is 5.12. The Hall–Kier alpha value is -3.11. The van der Waals surface area contributed by atoms with Crippen LogP contribution in [0, 0.1) is 0 Å².